The fraction of sp³-hybridized carbons (Fsp3) is 0. The highest BCUT2D eigenvalue weighted by Crippen LogP contribution is 2.49. The predicted octanol–water partition coefficient (Wildman–Crippen LogP) is 15.3. The average molecular weight is 679 g/mol. The first-order valence-corrected chi connectivity index (χ1v) is 18.9. The van der Waals surface area contributed by atoms with Gasteiger partial charge in [0.25, 0.3) is 0 Å². The van der Waals surface area contributed by atoms with E-state index < -0.39 is 0 Å². The summed E-state index contributed by atoms with van der Waals surface area (Å²) in [5.41, 5.74) is 12.8. The summed E-state index contributed by atoms with van der Waals surface area (Å²) in [5.74, 6) is 0. The third-order valence-electron chi connectivity index (χ3n) is 12.5. The van der Waals surface area contributed by atoms with Gasteiger partial charge in [-0.1, -0.05) is 158 Å². The summed E-state index contributed by atoms with van der Waals surface area (Å²) >= 11 is 0. The summed E-state index contributed by atoms with van der Waals surface area (Å²) in [6, 6.07) is 68.8. The topological polar surface area (TPSA) is 0 Å². The molecule has 0 aromatic heterocycles. The number of fused-ring (bicyclic) bond motifs is 3. The van der Waals surface area contributed by atoms with Crippen LogP contribution in [0.5, 0.6) is 0 Å². The van der Waals surface area contributed by atoms with Gasteiger partial charge in [0.2, 0.25) is 0 Å². The van der Waals surface area contributed by atoms with Crippen LogP contribution in [-0.4, -0.2) is 0 Å². The highest BCUT2D eigenvalue weighted by molar-refractivity contribution is 6.27. The van der Waals surface area contributed by atoms with E-state index in [4.69, 9.17) is 0 Å². The Balaban J connectivity index is 1.10. The van der Waals surface area contributed by atoms with Gasteiger partial charge < -0.3 is 0 Å². The molecule has 0 fully saturated rings. The minimum Gasteiger partial charge on any atom is -0.0610 e. The van der Waals surface area contributed by atoms with E-state index in [1.54, 1.807) is 0 Å². The molecular formula is C54H30. The summed E-state index contributed by atoms with van der Waals surface area (Å²) in [6.07, 6.45) is 0. The van der Waals surface area contributed by atoms with E-state index in [9.17, 15) is 0 Å². The number of rotatable bonds is 3. The van der Waals surface area contributed by atoms with Crippen LogP contribution in [0, 0.1) is 0 Å². The Morgan fingerprint density at radius 2 is 0.574 bits per heavy atom. The maximum atomic E-state index is 2.44. The fourth-order valence-electron chi connectivity index (χ4n) is 10.1. The van der Waals surface area contributed by atoms with Crippen molar-refractivity contribution in [2.24, 2.45) is 0 Å². The molecule has 54 heavy (non-hydrogen) atoms. The standard InChI is InChI=1S/C54H30/c1-5-32-13-15-36-17-22-42(47-25-19-34(7-1)50(32)53(36)47)40-27-39(38-21-24-44-45-11-3-9-31-10-4-12-46(52(31)45)49(44)30-38)28-41(29-40)43-23-18-37-16-14-33-6-2-8-35-20-26-48(43)54(37)51(33)35/h1-30H. The molecule has 0 spiro atoms. The molecule has 246 valence electrons. The largest absolute Gasteiger partial charge is 0.0610 e. The molecule has 1 aliphatic carbocycles. The minimum atomic E-state index is 1.23. The Bertz CT molecular complexity index is 3340. The van der Waals surface area contributed by atoms with E-state index in [1.165, 1.54) is 131 Å². The Kier molecular flexibility index (Phi) is 5.45. The van der Waals surface area contributed by atoms with E-state index in [2.05, 4.69) is 182 Å². The number of benzene rings is 12. The van der Waals surface area contributed by atoms with Gasteiger partial charge in [0.15, 0.2) is 0 Å². The molecule has 0 aliphatic heterocycles. The second-order valence-electron chi connectivity index (χ2n) is 15.2. The molecule has 12 aromatic carbocycles. The van der Waals surface area contributed by atoms with Crippen molar-refractivity contribution in [1.82, 2.24) is 0 Å². The molecule has 0 heteroatoms. The quantitative estimate of drug-likeness (QED) is 0.163. The Morgan fingerprint density at radius 1 is 0.185 bits per heavy atom. The first-order valence-electron chi connectivity index (χ1n) is 18.9. The van der Waals surface area contributed by atoms with Crippen LogP contribution >= 0.6 is 0 Å². The van der Waals surface area contributed by atoms with Crippen molar-refractivity contribution in [2.75, 3.05) is 0 Å². The summed E-state index contributed by atoms with van der Waals surface area (Å²) in [7, 11) is 0. The summed E-state index contributed by atoms with van der Waals surface area (Å²) < 4.78 is 0. The molecule has 0 amide bonds. The molecule has 0 heterocycles. The smallest absolute Gasteiger partial charge is 0.00206 e. The van der Waals surface area contributed by atoms with Crippen molar-refractivity contribution in [1.29, 1.82) is 0 Å². The number of hydrogen-bond acceptors (Lipinski definition) is 0. The molecule has 0 atom stereocenters. The zero-order chi connectivity index (χ0) is 35.1. The van der Waals surface area contributed by atoms with Crippen molar-refractivity contribution < 1.29 is 0 Å². The molecule has 0 N–H and O–H groups in total. The van der Waals surface area contributed by atoms with Crippen LogP contribution in [0.15, 0.2) is 182 Å². The van der Waals surface area contributed by atoms with Gasteiger partial charge in [0.05, 0.1) is 0 Å². The highest BCUT2D eigenvalue weighted by Gasteiger charge is 2.22. The summed E-state index contributed by atoms with van der Waals surface area (Å²) in [4.78, 5) is 0. The molecule has 1 aliphatic rings. The van der Waals surface area contributed by atoms with Crippen LogP contribution in [0.2, 0.25) is 0 Å². The molecule has 13 rings (SSSR count). The number of hydrogen-bond donors (Lipinski definition) is 0. The van der Waals surface area contributed by atoms with Crippen molar-refractivity contribution in [3.63, 3.8) is 0 Å². The first kappa shape index (κ1) is 28.6. The van der Waals surface area contributed by atoms with Gasteiger partial charge >= 0.3 is 0 Å². The van der Waals surface area contributed by atoms with E-state index >= 15 is 0 Å². The Labute approximate surface area is 311 Å². The van der Waals surface area contributed by atoms with Crippen molar-refractivity contribution in [3.8, 4) is 55.6 Å². The SMILES string of the molecule is c1cc2c3c(cccc3c1)-c1cc(-c3cc(-c4ccc5ccc6cccc7ccc4c5c67)cc(-c4ccc5ccc6cccc7ccc4c5c67)c3)ccc1-2. The lowest BCUT2D eigenvalue weighted by atomic mass is 9.86. The Morgan fingerprint density at radius 3 is 1.11 bits per heavy atom. The Hall–Kier alpha value is -7.02. The van der Waals surface area contributed by atoms with Crippen LogP contribution in [0.4, 0.5) is 0 Å². The highest BCUT2D eigenvalue weighted by atomic mass is 14.3. The van der Waals surface area contributed by atoms with E-state index in [0.717, 1.165) is 0 Å². The predicted molar refractivity (Wildman–Crippen MR) is 232 cm³/mol. The monoisotopic (exact) mass is 678 g/mol. The lowest BCUT2D eigenvalue weighted by molar-refractivity contribution is 1.59. The summed E-state index contributed by atoms with van der Waals surface area (Å²) in [5, 5.41) is 18.4. The third kappa shape index (κ3) is 3.77. The molecule has 0 bridgehead atoms. The van der Waals surface area contributed by atoms with Crippen LogP contribution in [0.1, 0.15) is 0 Å². The van der Waals surface area contributed by atoms with E-state index in [1.807, 2.05) is 0 Å². The molecule has 0 saturated carbocycles. The minimum absolute atomic E-state index is 1.23. The second kappa shape index (κ2) is 10.3. The lowest BCUT2D eigenvalue weighted by Gasteiger charge is -2.18. The molecular weight excluding hydrogens is 649 g/mol. The van der Waals surface area contributed by atoms with Gasteiger partial charge in [-0.15, -0.1) is 0 Å². The normalized spacial score (nSPS) is 12.4. The van der Waals surface area contributed by atoms with Gasteiger partial charge in [-0.2, -0.15) is 0 Å². The van der Waals surface area contributed by atoms with Gasteiger partial charge in [-0.05, 0) is 155 Å². The van der Waals surface area contributed by atoms with Gasteiger partial charge in [0.1, 0.15) is 0 Å². The van der Waals surface area contributed by atoms with E-state index in [0.29, 0.717) is 0 Å². The van der Waals surface area contributed by atoms with Gasteiger partial charge in [-0.3, -0.25) is 0 Å². The zero-order valence-corrected chi connectivity index (χ0v) is 29.3. The molecule has 0 nitrogen and oxygen atoms in total. The summed E-state index contributed by atoms with van der Waals surface area (Å²) in [6.45, 7) is 0. The van der Waals surface area contributed by atoms with Gasteiger partial charge in [0, 0.05) is 0 Å². The lowest BCUT2D eigenvalue weighted by Crippen LogP contribution is -1.91. The molecule has 12 aromatic rings. The van der Waals surface area contributed by atoms with Crippen LogP contribution < -0.4 is 0 Å². The maximum Gasteiger partial charge on any atom is -0.00206 e. The molecule has 0 radical (unpaired) electrons. The second-order valence-corrected chi connectivity index (χ2v) is 15.2. The van der Waals surface area contributed by atoms with Crippen LogP contribution in [0.25, 0.3) is 131 Å². The van der Waals surface area contributed by atoms with Crippen molar-refractivity contribution >= 4 is 75.4 Å². The first-order chi connectivity index (χ1) is 26.7. The van der Waals surface area contributed by atoms with Crippen molar-refractivity contribution in [3.05, 3.63) is 182 Å². The van der Waals surface area contributed by atoms with Crippen LogP contribution in [0.3, 0.4) is 0 Å². The van der Waals surface area contributed by atoms with Crippen LogP contribution in [-0.2, 0) is 0 Å². The fourth-order valence-corrected chi connectivity index (χ4v) is 10.1. The zero-order valence-electron chi connectivity index (χ0n) is 29.3. The van der Waals surface area contributed by atoms with Crippen molar-refractivity contribution in [2.45, 2.75) is 0 Å². The average Bonchev–Trinajstić information content (AvgIpc) is 3.56. The molecule has 0 unspecified atom stereocenters. The third-order valence-corrected chi connectivity index (χ3v) is 12.5. The van der Waals surface area contributed by atoms with Gasteiger partial charge in [-0.25, -0.2) is 0 Å². The van der Waals surface area contributed by atoms with E-state index in [-0.39, 0.29) is 0 Å². The molecule has 0 saturated heterocycles. The maximum absolute atomic E-state index is 2.44.